The van der Waals surface area contributed by atoms with E-state index in [2.05, 4.69) is 19.9 Å². The molecule has 3 N–H and O–H groups in total. The molecule has 0 spiro atoms. The molecule has 0 aliphatic rings. The molecule has 0 radical (unpaired) electrons. The Kier molecular flexibility index (Phi) is 5.03. The number of rotatable bonds is 6. The molecule has 7 nitrogen and oxygen atoms in total. The molecular weight excluding hydrogens is 389 g/mol. The van der Waals surface area contributed by atoms with E-state index in [1.807, 2.05) is 30.3 Å². The number of nitrogens with one attached hydrogen (secondary N) is 1. The van der Waals surface area contributed by atoms with Gasteiger partial charge in [0, 0.05) is 5.56 Å². The largest absolute Gasteiger partial charge is 0.423 e. The minimum absolute atomic E-state index is 0.102. The van der Waals surface area contributed by atoms with Gasteiger partial charge in [-0.05, 0) is 17.7 Å². The Morgan fingerprint density at radius 1 is 1.15 bits per heavy atom. The molecule has 0 fully saturated rings. The maximum atomic E-state index is 15.0. The predicted octanol–water partition coefficient (Wildman–Crippen LogP) is 2.70. The number of nitrogens with two attached hydrogens (primary N) is 1. The zero-order chi connectivity index (χ0) is 18.8. The highest BCUT2D eigenvalue weighted by Crippen LogP contribution is 2.32. The van der Waals surface area contributed by atoms with Crippen molar-refractivity contribution in [2.45, 2.75) is 13.0 Å². The van der Waals surface area contributed by atoms with Gasteiger partial charge in [0.05, 0.1) is 23.2 Å². The molecule has 2 heterocycles. The zero-order valence-corrected chi connectivity index (χ0v) is 15.5. The molecule has 10 heteroatoms. The van der Waals surface area contributed by atoms with Gasteiger partial charge in [-0.1, -0.05) is 30.3 Å². The van der Waals surface area contributed by atoms with Crippen LogP contribution in [0.1, 0.15) is 16.8 Å². The maximum Gasteiger partial charge on any atom is 0.231 e. The summed E-state index contributed by atoms with van der Waals surface area (Å²) in [4.78, 5) is 4.45. The summed E-state index contributed by atoms with van der Waals surface area (Å²) in [5.74, 6) is 0.322. The van der Waals surface area contributed by atoms with Gasteiger partial charge in [-0.2, -0.15) is 0 Å². The first kappa shape index (κ1) is 17.9. The van der Waals surface area contributed by atoms with Crippen molar-refractivity contribution in [3.63, 3.8) is 0 Å². The molecule has 4 rings (SSSR count). The molecule has 0 bridgehead atoms. The first-order valence-corrected chi connectivity index (χ1v) is 9.97. The van der Waals surface area contributed by atoms with Gasteiger partial charge < -0.3 is 4.42 Å². The van der Waals surface area contributed by atoms with E-state index < -0.39 is 11.2 Å². The van der Waals surface area contributed by atoms with E-state index in [1.54, 1.807) is 12.1 Å². The molecule has 0 amide bonds. The van der Waals surface area contributed by atoms with Gasteiger partial charge in [-0.3, -0.25) is 0 Å². The van der Waals surface area contributed by atoms with Crippen molar-refractivity contribution < 1.29 is 13.0 Å². The third kappa shape index (κ3) is 3.93. The fraction of sp³-hybridized carbons (Fsp3) is 0.118. The van der Waals surface area contributed by atoms with Gasteiger partial charge in [-0.15, -0.1) is 21.5 Å². The lowest BCUT2D eigenvalue weighted by molar-refractivity contribution is 0.454. The summed E-state index contributed by atoms with van der Waals surface area (Å²) >= 11 is -0.399. The Morgan fingerprint density at radius 3 is 2.70 bits per heavy atom. The van der Waals surface area contributed by atoms with Crippen molar-refractivity contribution in [3.8, 4) is 11.1 Å². The van der Waals surface area contributed by atoms with Gasteiger partial charge in [0.15, 0.2) is 11.2 Å². The highest BCUT2D eigenvalue weighted by molar-refractivity contribution is 7.80. The molecular formula is C17H14FN5O2S2. The number of fused-ring (bicyclic) bond motifs is 1. The van der Waals surface area contributed by atoms with Crippen molar-refractivity contribution in [3.05, 3.63) is 65.1 Å². The van der Waals surface area contributed by atoms with E-state index >= 15 is 0 Å². The minimum atomic E-state index is -1.66. The number of nitrogens with zero attached hydrogens (tertiary/aromatic N) is 3. The van der Waals surface area contributed by atoms with E-state index in [9.17, 15) is 8.60 Å². The van der Waals surface area contributed by atoms with Crippen molar-refractivity contribution >= 4 is 32.7 Å². The lowest BCUT2D eigenvalue weighted by atomic mass is 10.1. The van der Waals surface area contributed by atoms with Crippen LogP contribution in [0.15, 0.2) is 46.9 Å². The lowest BCUT2D eigenvalue weighted by Crippen LogP contribution is -2.23. The van der Waals surface area contributed by atoms with Crippen molar-refractivity contribution in [2.24, 2.45) is 5.14 Å². The van der Waals surface area contributed by atoms with Crippen LogP contribution < -0.4 is 9.86 Å². The maximum absolute atomic E-state index is 15.0. The topological polar surface area (TPSA) is 107 Å². The first-order valence-electron chi connectivity index (χ1n) is 7.94. The molecule has 1 atom stereocenters. The van der Waals surface area contributed by atoms with Crippen LogP contribution >= 0.6 is 11.3 Å². The first-order chi connectivity index (χ1) is 13.1. The normalized spacial score (nSPS) is 12.5. The summed E-state index contributed by atoms with van der Waals surface area (Å²) in [6.45, 7) is 0.102. The van der Waals surface area contributed by atoms with Crippen LogP contribution in [0.25, 0.3) is 21.3 Å². The SMILES string of the molecule is NS(=O)NCc1nnc(Cc2nc3ccc(-c4ccccc4)c(F)c3s2)o1. The molecule has 0 saturated carbocycles. The van der Waals surface area contributed by atoms with Crippen molar-refractivity contribution in [1.82, 2.24) is 19.9 Å². The molecule has 1 unspecified atom stereocenters. The Morgan fingerprint density at radius 2 is 1.93 bits per heavy atom. The van der Waals surface area contributed by atoms with Gasteiger partial charge in [-0.25, -0.2) is 23.4 Å². The van der Waals surface area contributed by atoms with Crippen LogP contribution in [0.3, 0.4) is 0 Å². The number of hydrogen-bond donors (Lipinski definition) is 2. The average molecular weight is 403 g/mol. The highest BCUT2D eigenvalue weighted by atomic mass is 32.2. The number of hydrogen-bond acceptors (Lipinski definition) is 6. The molecule has 0 aliphatic carbocycles. The van der Waals surface area contributed by atoms with Gasteiger partial charge in [0.1, 0.15) is 10.8 Å². The Labute approximate surface area is 160 Å². The van der Waals surface area contributed by atoms with Crippen molar-refractivity contribution in [1.29, 1.82) is 0 Å². The molecule has 0 saturated heterocycles. The molecule has 2 aromatic carbocycles. The van der Waals surface area contributed by atoms with Crippen LogP contribution in [0.2, 0.25) is 0 Å². The van der Waals surface area contributed by atoms with Crippen LogP contribution in [0.4, 0.5) is 4.39 Å². The third-order valence-electron chi connectivity index (χ3n) is 3.80. The van der Waals surface area contributed by atoms with E-state index in [1.165, 1.54) is 11.3 Å². The summed E-state index contributed by atoms with van der Waals surface area (Å²) in [6.07, 6.45) is 0.290. The Balaban J connectivity index is 1.59. The standard InChI is InChI=1S/C17H14FN5O2S2/c18-16-11(10-4-2-1-3-5-10)6-7-12-17(16)26-15(21-12)8-13-22-23-14(25-13)9-20-27(19)24/h1-7,20H,8-9,19H2. The lowest BCUT2D eigenvalue weighted by Gasteiger charge is -2.03. The quantitative estimate of drug-likeness (QED) is 0.515. The smallest absolute Gasteiger partial charge is 0.231 e. The number of aromatic nitrogens is 3. The summed E-state index contributed by atoms with van der Waals surface area (Å²) in [5.41, 5.74) is 1.95. The monoisotopic (exact) mass is 403 g/mol. The minimum Gasteiger partial charge on any atom is -0.423 e. The predicted molar refractivity (Wildman–Crippen MR) is 101 cm³/mol. The zero-order valence-electron chi connectivity index (χ0n) is 13.9. The van der Waals surface area contributed by atoms with Crippen LogP contribution in [0.5, 0.6) is 0 Å². The van der Waals surface area contributed by atoms with E-state index in [-0.39, 0.29) is 24.7 Å². The summed E-state index contributed by atoms with van der Waals surface area (Å²) in [7, 11) is 0. The Hall–Kier alpha value is -2.53. The fourth-order valence-corrected chi connectivity index (χ4v) is 3.87. The molecule has 4 aromatic rings. The second-order valence-electron chi connectivity index (χ2n) is 5.63. The third-order valence-corrected chi connectivity index (χ3v) is 5.30. The summed E-state index contributed by atoms with van der Waals surface area (Å²) in [6, 6.07) is 12.9. The summed E-state index contributed by atoms with van der Waals surface area (Å²) < 4.78 is 34.2. The second-order valence-corrected chi connectivity index (χ2v) is 7.60. The van der Waals surface area contributed by atoms with Crippen LogP contribution in [-0.2, 0) is 24.1 Å². The number of benzene rings is 2. The average Bonchev–Trinajstić information content (AvgIpc) is 3.28. The molecule has 2 aromatic heterocycles. The highest BCUT2D eigenvalue weighted by Gasteiger charge is 2.16. The molecule has 0 aliphatic heterocycles. The number of thiazole rings is 1. The van der Waals surface area contributed by atoms with E-state index in [4.69, 9.17) is 9.56 Å². The molecule has 27 heavy (non-hydrogen) atoms. The second kappa shape index (κ2) is 7.61. The molecule has 138 valence electrons. The Bertz CT molecular complexity index is 1110. The van der Waals surface area contributed by atoms with Crippen LogP contribution in [0, 0.1) is 5.82 Å². The van der Waals surface area contributed by atoms with Gasteiger partial charge in [0.25, 0.3) is 0 Å². The van der Waals surface area contributed by atoms with E-state index in [0.29, 0.717) is 26.7 Å². The number of halogens is 1. The fourth-order valence-electron chi connectivity index (χ4n) is 2.62. The summed E-state index contributed by atoms with van der Waals surface area (Å²) in [5, 5.41) is 13.5. The van der Waals surface area contributed by atoms with Crippen molar-refractivity contribution in [2.75, 3.05) is 0 Å². The van der Waals surface area contributed by atoms with Gasteiger partial charge >= 0.3 is 0 Å². The van der Waals surface area contributed by atoms with Gasteiger partial charge in [0.2, 0.25) is 11.8 Å². The van der Waals surface area contributed by atoms with E-state index in [0.717, 1.165) is 5.56 Å². The van der Waals surface area contributed by atoms with Crippen LogP contribution in [-0.4, -0.2) is 19.4 Å².